The first-order valence-corrected chi connectivity index (χ1v) is 12.2. The molecule has 2 aromatic carbocycles. The van der Waals surface area contributed by atoms with Gasteiger partial charge in [-0.1, -0.05) is 54.6 Å². The molecule has 0 atom stereocenters. The Bertz CT molecular complexity index is 1070. The highest BCUT2D eigenvalue weighted by atomic mass is 16.5. The van der Waals surface area contributed by atoms with Crippen molar-refractivity contribution in [2.45, 2.75) is 38.5 Å². The molecule has 2 aliphatic rings. The smallest absolute Gasteiger partial charge is 0.407 e. The standard InChI is InChI=1S/C28H32N2O5/c1-18(27(32)33)14-15-29-26(31)20-12-10-19(11-13-20)16-30-28(34)35-17-25-23-8-4-2-6-21(23)22-7-3-5-9-24(22)25/h2-9,14,19-20,25H,10-13,15-17H2,1H3,(H,29,31)(H,30,34)(H,32,33)/b18-14+. The quantitative estimate of drug-likeness (QED) is 0.488. The molecule has 4 rings (SSSR count). The highest BCUT2D eigenvalue weighted by molar-refractivity contribution is 5.86. The maximum absolute atomic E-state index is 12.4. The number of hydrogen-bond acceptors (Lipinski definition) is 4. The van der Waals surface area contributed by atoms with Crippen molar-refractivity contribution in [3.63, 3.8) is 0 Å². The van der Waals surface area contributed by atoms with Gasteiger partial charge in [0, 0.05) is 30.5 Å². The van der Waals surface area contributed by atoms with Crippen LogP contribution in [0.4, 0.5) is 4.79 Å². The fraction of sp³-hybridized carbons (Fsp3) is 0.393. The van der Waals surface area contributed by atoms with E-state index in [2.05, 4.69) is 34.9 Å². The Kier molecular flexibility index (Phi) is 7.85. The lowest BCUT2D eigenvalue weighted by molar-refractivity contribution is -0.132. The van der Waals surface area contributed by atoms with Gasteiger partial charge >= 0.3 is 12.1 Å². The van der Waals surface area contributed by atoms with Gasteiger partial charge in [-0.25, -0.2) is 9.59 Å². The van der Waals surface area contributed by atoms with Crippen LogP contribution in [0, 0.1) is 11.8 Å². The maximum Gasteiger partial charge on any atom is 0.407 e. The first-order valence-electron chi connectivity index (χ1n) is 12.2. The monoisotopic (exact) mass is 476 g/mol. The number of alkyl carbamates (subject to hydrolysis) is 1. The lowest BCUT2D eigenvalue weighted by atomic mass is 9.81. The number of aliphatic carboxylic acids is 1. The lowest BCUT2D eigenvalue weighted by Crippen LogP contribution is -2.36. The van der Waals surface area contributed by atoms with Gasteiger partial charge in [0.1, 0.15) is 6.61 Å². The molecule has 7 heteroatoms. The maximum atomic E-state index is 12.4. The van der Waals surface area contributed by atoms with Crippen molar-refractivity contribution in [3.8, 4) is 11.1 Å². The number of carbonyl (C=O) groups is 3. The molecular weight excluding hydrogens is 444 g/mol. The Hall–Kier alpha value is -3.61. The fourth-order valence-corrected chi connectivity index (χ4v) is 5.04. The zero-order chi connectivity index (χ0) is 24.8. The molecule has 0 unspecified atom stereocenters. The zero-order valence-electron chi connectivity index (χ0n) is 20.0. The summed E-state index contributed by atoms with van der Waals surface area (Å²) in [4.78, 5) is 35.6. The van der Waals surface area contributed by atoms with Crippen LogP contribution in [0.5, 0.6) is 0 Å². The Morgan fingerprint density at radius 1 is 0.943 bits per heavy atom. The molecule has 0 radical (unpaired) electrons. The van der Waals surface area contributed by atoms with Crippen LogP contribution in [0.2, 0.25) is 0 Å². The summed E-state index contributed by atoms with van der Waals surface area (Å²) in [6, 6.07) is 16.5. The van der Waals surface area contributed by atoms with Crippen molar-refractivity contribution in [3.05, 3.63) is 71.3 Å². The highest BCUT2D eigenvalue weighted by Crippen LogP contribution is 2.44. The van der Waals surface area contributed by atoms with Crippen LogP contribution in [-0.2, 0) is 14.3 Å². The van der Waals surface area contributed by atoms with E-state index in [9.17, 15) is 14.4 Å². The number of carboxylic acid groups (broad SMARTS) is 1. The SMILES string of the molecule is C/C(=C\CNC(=O)C1CCC(CNC(=O)OCC2c3ccccc3-c3ccccc32)CC1)C(=O)O. The minimum atomic E-state index is -0.983. The van der Waals surface area contributed by atoms with Crippen molar-refractivity contribution in [1.82, 2.24) is 10.6 Å². The number of rotatable bonds is 8. The second-order valence-electron chi connectivity index (χ2n) is 9.36. The molecule has 3 N–H and O–H groups in total. The molecule has 35 heavy (non-hydrogen) atoms. The van der Waals surface area contributed by atoms with Gasteiger partial charge in [-0.15, -0.1) is 0 Å². The molecule has 0 spiro atoms. The van der Waals surface area contributed by atoms with Crippen molar-refractivity contribution in [2.75, 3.05) is 19.7 Å². The van der Waals surface area contributed by atoms with E-state index >= 15 is 0 Å². The molecule has 184 valence electrons. The molecule has 2 aromatic rings. The van der Waals surface area contributed by atoms with Gasteiger partial charge in [0.15, 0.2) is 0 Å². The molecule has 0 heterocycles. The van der Waals surface area contributed by atoms with E-state index in [4.69, 9.17) is 9.84 Å². The Balaban J connectivity index is 1.19. The van der Waals surface area contributed by atoms with E-state index in [1.54, 1.807) is 0 Å². The Morgan fingerprint density at radius 2 is 1.54 bits per heavy atom. The Morgan fingerprint density at radius 3 is 2.14 bits per heavy atom. The highest BCUT2D eigenvalue weighted by Gasteiger charge is 2.29. The number of benzene rings is 2. The molecule has 7 nitrogen and oxygen atoms in total. The summed E-state index contributed by atoms with van der Waals surface area (Å²) in [6.07, 6.45) is 4.31. The summed E-state index contributed by atoms with van der Waals surface area (Å²) in [7, 11) is 0. The summed E-state index contributed by atoms with van der Waals surface area (Å²) in [6.45, 7) is 2.55. The minimum absolute atomic E-state index is 0.0382. The second kappa shape index (κ2) is 11.2. The van der Waals surface area contributed by atoms with Crippen molar-refractivity contribution in [2.24, 2.45) is 11.8 Å². The molecule has 1 fully saturated rings. The van der Waals surface area contributed by atoms with Gasteiger partial charge in [-0.3, -0.25) is 4.79 Å². The molecule has 2 amide bonds. The van der Waals surface area contributed by atoms with Crippen molar-refractivity contribution < 1.29 is 24.2 Å². The number of nitrogens with one attached hydrogen (secondary N) is 2. The van der Waals surface area contributed by atoms with E-state index in [1.807, 2.05) is 24.3 Å². The van der Waals surface area contributed by atoms with E-state index in [-0.39, 0.29) is 29.9 Å². The van der Waals surface area contributed by atoms with Gasteiger partial charge in [0.25, 0.3) is 0 Å². The minimum Gasteiger partial charge on any atom is -0.478 e. The van der Waals surface area contributed by atoms with Crippen LogP contribution in [0.3, 0.4) is 0 Å². The predicted molar refractivity (Wildman–Crippen MR) is 133 cm³/mol. The molecule has 0 aromatic heterocycles. The third-order valence-corrected chi connectivity index (χ3v) is 7.12. The average molecular weight is 477 g/mol. The lowest BCUT2D eigenvalue weighted by Gasteiger charge is -2.27. The van der Waals surface area contributed by atoms with Crippen molar-refractivity contribution >= 4 is 18.0 Å². The Labute approximate surface area is 205 Å². The van der Waals surface area contributed by atoms with E-state index in [0.717, 1.165) is 25.7 Å². The summed E-state index contributed by atoms with van der Waals surface area (Å²) < 4.78 is 5.61. The van der Waals surface area contributed by atoms with Crippen LogP contribution in [-0.4, -0.2) is 42.8 Å². The van der Waals surface area contributed by atoms with E-state index in [1.165, 1.54) is 35.3 Å². The van der Waals surface area contributed by atoms with Crippen LogP contribution in [0.15, 0.2) is 60.2 Å². The van der Waals surface area contributed by atoms with E-state index in [0.29, 0.717) is 19.1 Å². The van der Waals surface area contributed by atoms with E-state index < -0.39 is 12.1 Å². The molecular formula is C28H32N2O5. The summed E-state index contributed by atoms with van der Waals surface area (Å²) >= 11 is 0. The number of amides is 2. The van der Waals surface area contributed by atoms with Crippen LogP contribution < -0.4 is 10.6 Å². The van der Waals surface area contributed by atoms with Gasteiger partial charge in [-0.05, 0) is 60.8 Å². The van der Waals surface area contributed by atoms with Gasteiger partial charge in [0.05, 0.1) is 0 Å². The van der Waals surface area contributed by atoms with Gasteiger partial charge in [-0.2, -0.15) is 0 Å². The second-order valence-corrected chi connectivity index (χ2v) is 9.36. The molecule has 2 aliphatic carbocycles. The number of fused-ring (bicyclic) bond motifs is 3. The summed E-state index contributed by atoms with van der Waals surface area (Å²) in [5.74, 6) is -0.741. The topological polar surface area (TPSA) is 105 Å². The zero-order valence-corrected chi connectivity index (χ0v) is 20.0. The first kappa shape index (κ1) is 24.5. The number of ether oxygens (including phenoxy) is 1. The molecule has 0 saturated heterocycles. The number of hydrogen-bond donors (Lipinski definition) is 3. The van der Waals surface area contributed by atoms with Gasteiger partial charge < -0.3 is 20.5 Å². The van der Waals surface area contributed by atoms with Gasteiger partial charge in [0.2, 0.25) is 5.91 Å². The number of carbonyl (C=O) groups excluding carboxylic acids is 2. The molecule has 0 aliphatic heterocycles. The third kappa shape index (κ3) is 5.91. The molecule has 1 saturated carbocycles. The largest absolute Gasteiger partial charge is 0.478 e. The van der Waals surface area contributed by atoms with Crippen LogP contribution in [0.25, 0.3) is 11.1 Å². The van der Waals surface area contributed by atoms with Crippen molar-refractivity contribution in [1.29, 1.82) is 0 Å². The predicted octanol–water partition coefficient (Wildman–Crippen LogP) is 4.48. The average Bonchev–Trinajstić information content (AvgIpc) is 3.20. The summed E-state index contributed by atoms with van der Waals surface area (Å²) in [5, 5.41) is 14.6. The fourth-order valence-electron chi connectivity index (χ4n) is 5.04. The summed E-state index contributed by atoms with van der Waals surface area (Å²) in [5.41, 5.74) is 4.99. The molecule has 0 bridgehead atoms. The third-order valence-electron chi connectivity index (χ3n) is 7.12. The first-order chi connectivity index (χ1) is 16.9. The van der Waals surface area contributed by atoms with Crippen LogP contribution >= 0.6 is 0 Å². The van der Waals surface area contributed by atoms with Crippen LogP contribution in [0.1, 0.15) is 49.7 Å². The normalized spacial score (nSPS) is 19.4. The number of carboxylic acids is 1.